The molecule has 0 saturated heterocycles. The average molecular weight is 404 g/mol. The predicted molar refractivity (Wildman–Crippen MR) is 106 cm³/mol. The molecule has 1 fully saturated rings. The summed E-state index contributed by atoms with van der Waals surface area (Å²) in [6.07, 6.45) is 4.07. The molecule has 1 saturated carbocycles. The van der Waals surface area contributed by atoms with E-state index in [-0.39, 0.29) is 11.3 Å². The number of carbonyl (C=O) groups is 1. The molecule has 1 heterocycles. The summed E-state index contributed by atoms with van der Waals surface area (Å²) in [6.45, 7) is 6.24. The smallest absolute Gasteiger partial charge is 0.226 e. The first-order valence-electron chi connectivity index (χ1n) is 8.87. The summed E-state index contributed by atoms with van der Waals surface area (Å²) in [7, 11) is 1.91. The minimum Gasteiger partial charge on any atom is -0.311 e. The first-order chi connectivity index (χ1) is 11.7. The highest BCUT2D eigenvalue weighted by atomic mass is 79.9. The van der Waals surface area contributed by atoms with Crippen molar-refractivity contribution in [2.24, 2.45) is 12.5 Å². The van der Waals surface area contributed by atoms with Crippen LogP contribution in [0.5, 0.6) is 0 Å². The predicted octanol–water partition coefficient (Wildman–Crippen LogP) is 5.49. The van der Waals surface area contributed by atoms with Crippen LogP contribution in [-0.2, 0) is 11.8 Å². The van der Waals surface area contributed by atoms with Crippen molar-refractivity contribution >= 4 is 27.7 Å². The van der Waals surface area contributed by atoms with Crippen molar-refractivity contribution in [2.45, 2.75) is 52.4 Å². The minimum absolute atomic E-state index is 0.0339. The lowest BCUT2D eigenvalue weighted by Crippen LogP contribution is -2.22. The Kier molecular flexibility index (Phi) is 5.05. The van der Waals surface area contributed by atoms with Crippen molar-refractivity contribution in [3.8, 4) is 11.3 Å². The van der Waals surface area contributed by atoms with Crippen molar-refractivity contribution in [1.82, 2.24) is 9.78 Å². The number of hydrogen-bond donors (Lipinski definition) is 1. The largest absolute Gasteiger partial charge is 0.311 e. The van der Waals surface area contributed by atoms with Crippen LogP contribution >= 0.6 is 15.9 Å². The third-order valence-electron chi connectivity index (χ3n) is 4.66. The van der Waals surface area contributed by atoms with Crippen LogP contribution in [0.1, 0.15) is 57.9 Å². The average Bonchev–Trinajstić information content (AvgIpc) is 2.74. The third kappa shape index (κ3) is 4.14. The summed E-state index contributed by atoms with van der Waals surface area (Å²) in [6, 6.07) is 8.23. The van der Waals surface area contributed by atoms with Gasteiger partial charge in [0.1, 0.15) is 5.82 Å². The van der Waals surface area contributed by atoms with E-state index in [1.807, 2.05) is 23.9 Å². The lowest BCUT2D eigenvalue weighted by atomic mass is 9.79. The quantitative estimate of drug-likeness (QED) is 0.732. The van der Waals surface area contributed by atoms with Crippen molar-refractivity contribution in [3.63, 3.8) is 0 Å². The van der Waals surface area contributed by atoms with Crippen molar-refractivity contribution in [1.29, 1.82) is 0 Å². The molecule has 0 atom stereocenters. The summed E-state index contributed by atoms with van der Waals surface area (Å²) in [4.78, 5) is 12.5. The number of halogens is 1. The number of aryl methyl sites for hydroxylation is 1. The molecule has 1 aliphatic carbocycles. The second-order valence-corrected chi connectivity index (χ2v) is 9.07. The Bertz CT molecular complexity index is 767. The number of rotatable bonds is 4. The number of anilines is 1. The van der Waals surface area contributed by atoms with E-state index >= 15 is 0 Å². The maximum atomic E-state index is 12.5. The first-order valence-corrected chi connectivity index (χ1v) is 9.66. The van der Waals surface area contributed by atoms with Gasteiger partial charge in [0.25, 0.3) is 0 Å². The number of amides is 1. The van der Waals surface area contributed by atoms with Gasteiger partial charge < -0.3 is 5.32 Å². The van der Waals surface area contributed by atoms with Crippen LogP contribution in [0.15, 0.2) is 28.7 Å². The van der Waals surface area contributed by atoms with Gasteiger partial charge in [-0.2, -0.15) is 5.10 Å². The molecule has 0 aliphatic heterocycles. The summed E-state index contributed by atoms with van der Waals surface area (Å²) in [5.74, 6) is 1.40. The Hall–Kier alpha value is -1.62. The van der Waals surface area contributed by atoms with Crippen LogP contribution in [0.2, 0.25) is 0 Å². The number of benzene rings is 1. The van der Waals surface area contributed by atoms with Crippen LogP contribution in [0.4, 0.5) is 5.82 Å². The summed E-state index contributed by atoms with van der Waals surface area (Å²) in [5.41, 5.74) is 3.24. The van der Waals surface area contributed by atoms with Gasteiger partial charge in [-0.15, -0.1) is 0 Å². The lowest BCUT2D eigenvalue weighted by molar-refractivity contribution is -0.117. The molecule has 0 bridgehead atoms. The molecular formula is C20H26BrN3O. The molecule has 0 radical (unpaired) electrons. The molecule has 25 heavy (non-hydrogen) atoms. The van der Waals surface area contributed by atoms with E-state index in [9.17, 15) is 4.79 Å². The highest BCUT2D eigenvalue weighted by Crippen LogP contribution is 2.44. The topological polar surface area (TPSA) is 46.9 Å². The van der Waals surface area contributed by atoms with Gasteiger partial charge in [0.2, 0.25) is 5.91 Å². The highest BCUT2D eigenvalue weighted by molar-refractivity contribution is 9.10. The Morgan fingerprint density at radius 2 is 1.92 bits per heavy atom. The molecule has 5 heteroatoms. The maximum Gasteiger partial charge on any atom is 0.226 e. The Labute approximate surface area is 158 Å². The zero-order valence-electron chi connectivity index (χ0n) is 15.4. The van der Waals surface area contributed by atoms with Crippen molar-refractivity contribution in [2.75, 3.05) is 5.32 Å². The van der Waals surface area contributed by atoms with E-state index in [2.05, 4.69) is 54.2 Å². The van der Waals surface area contributed by atoms with Gasteiger partial charge in [0, 0.05) is 29.1 Å². The van der Waals surface area contributed by atoms with E-state index in [1.165, 1.54) is 12.0 Å². The Morgan fingerprint density at radius 1 is 1.28 bits per heavy atom. The number of nitrogens with zero attached hydrogens (tertiary/aromatic N) is 2. The minimum atomic E-state index is -0.0339. The standard InChI is InChI=1S/C20H26BrN3O/c1-20(2,3)12-16(25)22-19-17(13-6-5-7-13)18(23-24(19)4)14-8-10-15(21)11-9-14/h8-11,13H,5-7,12H2,1-4H3,(H,22,25). The molecular weight excluding hydrogens is 378 g/mol. The van der Waals surface area contributed by atoms with Crippen LogP contribution in [0.25, 0.3) is 11.3 Å². The SMILES string of the molecule is Cn1nc(-c2ccc(Br)cc2)c(C2CCC2)c1NC(=O)CC(C)(C)C. The zero-order chi connectivity index (χ0) is 18.2. The molecule has 0 spiro atoms. The summed E-state index contributed by atoms with van der Waals surface area (Å²) >= 11 is 3.49. The van der Waals surface area contributed by atoms with E-state index < -0.39 is 0 Å². The fraction of sp³-hybridized carbons (Fsp3) is 0.500. The van der Waals surface area contributed by atoms with Gasteiger partial charge in [0.15, 0.2) is 0 Å². The van der Waals surface area contributed by atoms with Crippen LogP contribution in [0.3, 0.4) is 0 Å². The van der Waals surface area contributed by atoms with Crippen LogP contribution in [-0.4, -0.2) is 15.7 Å². The van der Waals surface area contributed by atoms with Gasteiger partial charge in [0.05, 0.1) is 5.69 Å². The summed E-state index contributed by atoms with van der Waals surface area (Å²) in [5, 5.41) is 7.89. The van der Waals surface area contributed by atoms with Crippen molar-refractivity contribution in [3.05, 3.63) is 34.3 Å². The molecule has 2 aromatic rings. The monoisotopic (exact) mass is 403 g/mol. The second-order valence-electron chi connectivity index (χ2n) is 8.15. The molecule has 1 N–H and O–H groups in total. The fourth-order valence-electron chi connectivity index (χ4n) is 3.25. The number of hydrogen-bond acceptors (Lipinski definition) is 2. The van der Waals surface area contributed by atoms with E-state index in [4.69, 9.17) is 5.10 Å². The molecule has 1 aromatic heterocycles. The first kappa shape index (κ1) is 18.2. The van der Waals surface area contributed by atoms with Crippen molar-refractivity contribution < 1.29 is 4.79 Å². The molecule has 1 aliphatic rings. The number of aromatic nitrogens is 2. The molecule has 3 rings (SSSR count). The summed E-state index contributed by atoms with van der Waals surface area (Å²) < 4.78 is 2.88. The van der Waals surface area contributed by atoms with E-state index in [0.717, 1.165) is 34.4 Å². The van der Waals surface area contributed by atoms with Gasteiger partial charge >= 0.3 is 0 Å². The second kappa shape index (κ2) is 6.94. The molecule has 0 unspecified atom stereocenters. The van der Waals surface area contributed by atoms with Gasteiger partial charge in [-0.25, -0.2) is 0 Å². The van der Waals surface area contributed by atoms with Gasteiger partial charge in [-0.3, -0.25) is 9.48 Å². The molecule has 4 nitrogen and oxygen atoms in total. The fourth-order valence-corrected chi connectivity index (χ4v) is 3.52. The van der Waals surface area contributed by atoms with E-state index in [1.54, 1.807) is 0 Å². The Morgan fingerprint density at radius 3 is 2.44 bits per heavy atom. The Balaban J connectivity index is 1.97. The van der Waals surface area contributed by atoms with Crippen LogP contribution in [0, 0.1) is 5.41 Å². The lowest BCUT2D eigenvalue weighted by Gasteiger charge is -2.27. The maximum absolute atomic E-state index is 12.5. The molecule has 134 valence electrons. The highest BCUT2D eigenvalue weighted by Gasteiger charge is 2.30. The van der Waals surface area contributed by atoms with Gasteiger partial charge in [-0.1, -0.05) is 55.3 Å². The third-order valence-corrected chi connectivity index (χ3v) is 5.19. The van der Waals surface area contributed by atoms with E-state index in [0.29, 0.717) is 12.3 Å². The molecule has 1 amide bonds. The van der Waals surface area contributed by atoms with Gasteiger partial charge in [-0.05, 0) is 36.3 Å². The number of carbonyl (C=O) groups excluding carboxylic acids is 1. The number of nitrogens with one attached hydrogen (secondary N) is 1. The zero-order valence-corrected chi connectivity index (χ0v) is 17.0. The van der Waals surface area contributed by atoms with Crippen LogP contribution < -0.4 is 5.32 Å². The normalized spacial score (nSPS) is 15.1. The molecule has 1 aromatic carbocycles.